The Morgan fingerprint density at radius 2 is 1.79 bits per heavy atom. The number of imidazole rings is 1. The van der Waals surface area contributed by atoms with E-state index in [1.165, 1.54) is 16.4 Å². The van der Waals surface area contributed by atoms with Gasteiger partial charge >= 0.3 is 0 Å². The fourth-order valence-electron chi connectivity index (χ4n) is 5.30. The van der Waals surface area contributed by atoms with Gasteiger partial charge in [-0.1, -0.05) is 26.7 Å². The molecule has 0 atom stereocenters. The van der Waals surface area contributed by atoms with Crippen molar-refractivity contribution in [3.63, 3.8) is 0 Å². The molecular formula is C27H40N6O5S. The monoisotopic (exact) mass is 560 g/mol. The van der Waals surface area contributed by atoms with E-state index in [1.807, 2.05) is 18.7 Å². The number of benzene rings is 1. The van der Waals surface area contributed by atoms with E-state index in [-0.39, 0.29) is 28.8 Å². The Kier molecular flexibility index (Phi) is 9.42. The van der Waals surface area contributed by atoms with E-state index in [0.717, 1.165) is 31.5 Å². The van der Waals surface area contributed by atoms with E-state index >= 15 is 0 Å². The predicted octanol–water partition coefficient (Wildman–Crippen LogP) is 2.77. The number of aliphatic hydroxyl groups is 1. The Bertz CT molecular complexity index is 1440. The van der Waals surface area contributed by atoms with Crippen molar-refractivity contribution < 1.29 is 18.3 Å². The fourth-order valence-corrected chi connectivity index (χ4v) is 6.75. The zero-order chi connectivity index (χ0) is 28.2. The summed E-state index contributed by atoms with van der Waals surface area (Å²) < 4.78 is 36.1. The Morgan fingerprint density at radius 3 is 2.41 bits per heavy atom. The zero-order valence-electron chi connectivity index (χ0n) is 23.3. The molecule has 2 aromatic heterocycles. The van der Waals surface area contributed by atoms with E-state index in [1.54, 1.807) is 10.6 Å². The largest absolute Gasteiger partial charge is 0.493 e. The third kappa shape index (κ3) is 6.03. The van der Waals surface area contributed by atoms with E-state index < -0.39 is 10.0 Å². The first-order chi connectivity index (χ1) is 18.7. The molecule has 0 radical (unpaired) electrons. The highest BCUT2D eigenvalue weighted by atomic mass is 32.2. The maximum atomic E-state index is 13.6. The van der Waals surface area contributed by atoms with Gasteiger partial charge in [0.2, 0.25) is 10.0 Å². The molecule has 214 valence electrons. The predicted molar refractivity (Wildman–Crippen MR) is 150 cm³/mol. The number of aliphatic hydroxyl groups excluding tert-OH is 1. The third-order valence-electron chi connectivity index (χ3n) is 7.23. The molecule has 3 heterocycles. The number of fused-ring (bicyclic) bond motifs is 1. The van der Waals surface area contributed by atoms with E-state index in [2.05, 4.69) is 18.8 Å². The second-order valence-electron chi connectivity index (χ2n) is 9.95. The van der Waals surface area contributed by atoms with Crippen molar-refractivity contribution in [3.8, 4) is 17.1 Å². The normalized spacial score (nSPS) is 15.4. The summed E-state index contributed by atoms with van der Waals surface area (Å²) in [6.45, 7) is 10.6. The molecule has 1 fully saturated rings. The lowest BCUT2D eigenvalue weighted by Crippen LogP contribution is -2.49. The minimum absolute atomic E-state index is 0.0420. The van der Waals surface area contributed by atoms with Crippen LogP contribution in [-0.4, -0.2) is 88.2 Å². The molecule has 0 amide bonds. The van der Waals surface area contributed by atoms with Gasteiger partial charge in [-0.3, -0.25) is 9.69 Å². The molecule has 0 bridgehead atoms. The smallest absolute Gasteiger partial charge is 0.277 e. The first-order valence-corrected chi connectivity index (χ1v) is 15.3. The van der Waals surface area contributed by atoms with E-state index in [0.29, 0.717) is 61.9 Å². The lowest BCUT2D eigenvalue weighted by molar-refractivity contribution is 0.151. The van der Waals surface area contributed by atoms with E-state index in [9.17, 15) is 18.3 Å². The summed E-state index contributed by atoms with van der Waals surface area (Å²) in [7, 11) is -3.80. The van der Waals surface area contributed by atoms with Crippen LogP contribution in [0.25, 0.3) is 16.9 Å². The zero-order valence-corrected chi connectivity index (χ0v) is 24.1. The van der Waals surface area contributed by atoms with Crippen molar-refractivity contribution in [2.75, 3.05) is 45.9 Å². The van der Waals surface area contributed by atoms with Crippen LogP contribution in [0.1, 0.15) is 63.9 Å². The Balaban J connectivity index is 1.80. The molecule has 1 aliphatic rings. The van der Waals surface area contributed by atoms with Gasteiger partial charge in [-0.2, -0.15) is 4.31 Å². The van der Waals surface area contributed by atoms with Crippen molar-refractivity contribution in [2.24, 2.45) is 0 Å². The van der Waals surface area contributed by atoms with Crippen LogP contribution in [0.4, 0.5) is 0 Å². The summed E-state index contributed by atoms with van der Waals surface area (Å²) >= 11 is 0. The topological polar surface area (TPSA) is 133 Å². The lowest BCUT2D eigenvalue weighted by Gasteiger charge is -2.33. The number of piperazine rings is 1. The van der Waals surface area contributed by atoms with Crippen molar-refractivity contribution in [3.05, 3.63) is 40.1 Å². The van der Waals surface area contributed by atoms with Crippen LogP contribution in [0.2, 0.25) is 0 Å². The molecule has 1 aliphatic heterocycles. The average Bonchev–Trinajstić information content (AvgIpc) is 3.26. The SMILES string of the molecule is CCCC(CCC)c1nc(C)c2c(=O)[nH]c(-c3cc(S(=O)(=O)N4CCN(CCO)CC4)ccc3OCC)nn12. The number of H-pyrrole nitrogens is 1. The average molecular weight is 561 g/mol. The summed E-state index contributed by atoms with van der Waals surface area (Å²) in [5.74, 6) is 1.57. The number of nitrogens with one attached hydrogen (secondary N) is 1. The van der Waals surface area contributed by atoms with Gasteiger partial charge in [-0.05, 0) is 44.9 Å². The molecule has 1 saturated heterocycles. The second kappa shape index (κ2) is 12.6. The molecule has 0 saturated carbocycles. The van der Waals surface area contributed by atoms with Crippen LogP contribution >= 0.6 is 0 Å². The van der Waals surface area contributed by atoms with Crippen LogP contribution in [-0.2, 0) is 10.0 Å². The minimum atomic E-state index is -3.80. The molecule has 12 heteroatoms. The van der Waals surface area contributed by atoms with Crippen molar-refractivity contribution in [1.82, 2.24) is 28.8 Å². The molecule has 3 aromatic rings. The Hall–Kier alpha value is -2.80. The van der Waals surface area contributed by atoms with Crippen LogP contribution in [0.5, 0.6) is 5.75 Å². The van der Waals surface area contributed by atoms with Crippen molar-refractivity contribution in [2.45, 2.75) is 64.2 Å². The maximum absolute atomic E-state index is 13.6. The number of hydrogen-bond acceptors (Lipinski definition) is 8. The van der Waals surface area contributed by atoms with Crippen molar-refractivity contribution >= 4 is 15.5 Å². The molecule has 0 spiro atoms. The van der Waals surface area contributed by atoms with Gasteiger partial charge in [0.05, 0.1) is 29.4 Å². The summed E-state index contributed by atoms with van der Waals surface area (Å²) in [6.07, 6.45) is 3.83. The number of hydrogen-bond donors (Lipinski definition) is 2. The van der Waals surface area contributed by atoms with Gasteiger partial charge in [-0.15, -0.1) is 5.10 Å². The molecule has 0 aliphatic carbocycles. The molecule has 4 rings (SSSR count). The third-order valence-corrected chi connectivity index (χ3v) is 9.13. The van der Waals surface area contributed by atoms with E-state index in [4.69, 9.17) is 14.8 Å². The number of aryl methyl sites for hydroxylation is 1. The Morgan fingerprint density at radius 1 is 1.10 bits per heavy atom. The van der Waals surface area contributed by atoms with Gasteiger partial charge < -0.3 is 14.8 Å². The highest BCUT2D eigenvalue weighted by Gasteiger charge is 2.30. The first-order valence-electron chi connectivity index (χ1n) is 13.8. The number of nitrogens with zero attached hydrogens (tertiary/aromatic N) is 5. The molecule has 39 heavy (non-hydrogen) atoms. The number of rotatable bonds is 12. The first kappa shape index (κ1) is 29.2. The number of ether oxygens (including phenoxy) is 1. The second-order valence-corrected chi connectivity index (χ2v) is 11.9. The molecule has 11 nitrogen and oxygen atoms in total. The highest BCUT2D eigenvalue weighted by Crippen LogP contribution is 2.32. The molecule has 2 N–H and O–H groups in total. The van der Waals surface area contributed by atoms with Crippen LogP contribution in [0, 0.1) is 6.92 Å². The summed E-state index contributed by atoms with van der Waals surface area (Å²) in [4.78, 5) is 23.0. The minimum Gasteiger partial charge on any atom is -0.493 e. The van der Waals surface area contributed by atoms with Crippen LogP contribution < -0.4 is 10.3 Å². The van der Waals surface area contributed by atoms with Crippen molar-refractivity contribution in [1.29, 1.82) is 0 Å². The molecule has 1 aromatic carbocycles. The summed E-state index contributed by atoms with van der Waals surface area (Å²) in [5, 5.41) is 14.0. The summed E-state index contributed by atoms with van der Waals surface area (Å²) in [5.41, 5.74) is 1.08. The standard InChI is InChI=1S/C27H40N6O5S/c1-5-8-20(9-6-2)26-28-19(4)24-27(35)29-25(30-33(24)26)22-18-21(10-11-23(22)38-7-3)39(36,37)32-14-12-31(13-15-32)16-17-34/h10-11,18,20,34H,5-9,12-17H2,1-4H3,(H,29,30,35). The van der Waals surface area contributed by atoms with Gasteiger partial charge in [0.15, 0.2) is 11.3 Å². The van der Waals surface area contributed by atoms with Crippen LogP contribution in [0.3, 0.4) is 0 Å². The quantitative estimate of drug-likeness (QED) is 0.346. The fraction of sp³-hybridized carbons (Fsp3) is 0.593. The van der Waals surface area contributed by atoms with Gasteiger partial charge in [0.1, 0.15) is 11.6 Å². The number of sulfonamides is 1. The van der Waals surface area contributed by atoms with Gasteiger partial charge in [0.25, 0.3) is 5.56 Å². The lowest BCUT2D eigenvalue weighted by atomic mass is 9.98. The maximum Gasteiger partial charge on any atom is 0.277 e. The molecule has 0 unspecified atom stereocenters. The van der Waals surface area contributed by atoms with Crippen LogP contribution in [0.15, 0.2) is 27.9 Å². The Labute approximate surface area is 229 Å². The van der Waals surface area contributed by atoms with Gasteiger partial charge in [-0.25, -0.2) is 17.9 Å². The summed E-state index contributed by atoms with van der Waals surface area (Å²) in [6, 6.07) is 4.68. The molecular weight excluding hydrogens is 520 g/mol. The highest BCUT2D eigenvalue weighted by molar-refractivity contribution is 7.89. The number of aromatic amines is 1. The number of β-amino-alcohol motifs (C(OH)–C–C–N with tert-alkyl or cyclic N) is 1. The number of aromatic nitrogens is 4. The van der Waals surface area contributed by atoms with Gasteiger partial charge in [0, 0.05) is 38.6 Å².